The number of para-hydroxylation sites is 4. The van der Waals surface area contributed by atoms with Gasteiger partial charge in [-0.25, -0.2) is 0 Å². The predicted octanol–water partition coefficient (Wildman–Crippen LogP) is 10.4. The second-order valence-corrected chi connectivity index (χ2v) is 8.93. The second-order valence-electron chi connectivity index (χ2n) is 8.93. The van der Waals surface area contributed by atoms with Crippen LogP contribution in [0.25, 0.3) is 22.3 Å². The molecule has 0 bridgehead atoms. The highest BCUT2D eigenvalue weighted by Gasteiger charge is 2.21. The highest BCUT2D eigenvalue weighted by atomic mass is 16.5. The molecular weight excluding hydrogens is 480 g/mol. The van der Waals surface area contributed by atoms with E-state index in [1.54, 1.807) is 0 Å². The molecule has 0 aliphatic carbocycles. The fraction of sp³-hybridized carbons (Fsp3) is 0. The molecule has 6 rings (SSSR count). The lowest BCUT2D eigenvalue weighted by Gasteiger charge is -2.20. The average molecular weight is 507 g/mol. The van der Waals surface area contributed by atoms with Crippen LogP contribution in [0.3, 0.4) is 0 Å². The van der Waals surface area contributed by atoms with Crippen LogP contribution in [0, 0.1) is 0 Å². The van der Waals surface area contributed by atoms with Crippen LogP contribution in [0.15, 0.2) is 158 Å². The van der Waals surface area contributed by atoms with E-state index in [0.717, 1.165) is 33.8 Å². The summed E-state index contributed by atoms with van der Waals surface area (Å²) in [6.45, 7) is 0. The van der Waals surface area contributed by atoms with Crippen molar-refractivity contribution in [3.05, 3.63) is 158 Å². The first kappa shape index (κ1) is 24.1. The van der Waals surface area contributed by atoms with E-state index in [1.807, 2.05) is 133 Å². The van der Waals surface area contributed by atoms with Crippen molar-refractivity contribution in [2.24, 2.45) is 0 Å². The molecule has 3 heteroatoms. The van der Waals surface area contributed by atoms with E-state index >= 15 is 0 Å². The predicted molar refractivity (Wildman–Crippen MR) is 157 cm³/mol. The molecule has 0 aliphatic rings. The van der Waals surface area contributed by atoms with E-state index in [4.69, 9.17) is 14.2 Å². The third-order valence-electron chi connectivity index (χ3n) is 6.27. The Morgan fingerprint density at radius 2 is 0.641 bits per heavy atom. The first-order valence-corrected chi connectivity index (χ1v) is 12.9. The van der Waals surface area contributed by atoms with Crippen molar-refractivity contribution in [1.82, 2.24) is 0 Å². The maximum atomic E-state index is 6.91. The minimum atomic E-state index is 0.605. The summed E-state index contributed by atoms with van der Waals surface area (Å²) in [6.07, 6.45) is 0. The van der Waals surface area contributed by atoms with Crippen molar-refractivity contribution in [3.8, 4) is 56.8 Å². The summed E-state index contributed by atoms with van der Waals surface area (Å²) in [7, 11) is 0. The monoisotopic (exact) mass is 506 g/mol. The molecule has 39 heavy (non-hydrogen) atoms. The molecule has 0 heterocycles. The standard InChI is InChI=1S/C36H26O3/c1-5-15-27(16-6-1)31-23-13-25-33(37-29-19-9-3-10-20-29)35(31)39-36-32(28-17-7-2-8-18-28)24-14-26-34(36)38-30-21-11-4-12-22-30/h1-26H. The van der Waals surface area contributed by atoms with Crippen LogP contribution >= 0.6 is 0 Å². The lowest BCUT2D eigenvalue weighted by molar-refractivity contribution is 0.396. The number of rotatable bonds is 8. The van der Waals surface area contributed by atoms with Gasteiger partial charge >= 0.3 is 0 Å². The van der Waals surface area contributed by atoms with Gasteiger partial charge in [0.15, 0.2) is 23.0 Å². The van der Waals surface area contributed by atoms with Crippen molar-refractivity contribution >= 4 is 0 Å². The van der Waals surface area contributed by atoms with Gasteiger partial charge in [-0.15, -0.1) is 0 Å². The molecule has 0 aliphatic heterocycles. The van der Waals surface area contributed by atoms with Crippen molar-refractivity contribution in [2.45, 2.75) is 0 Å². The van der Waals surface area contributed by atoms with Crippen molar-refractivity contribution in [2.75, 3.05) is 0 Å². The maximum absolute atomic E-state index is 6.91. The fourth-order valence-electron chi connectivity index (χ4n) is 4.43. The highest BCUT2D eigenvalue weighted by molar-refractivity contribution is 5.78. The molecule has 188 valence electrons. The van der Waals surface area contributed by atoms with E-state index in [-0.39, 0.29) is 0 Å². The number of benzene rings is 6. The molecule has 0 spiro atoms. The Kier molecular flexibility index (Phi) is 7.04. The zero-order valence-electron chi connectivity index (χ0n) is 21.2. The van der Waals surface area contributed by atoms with Gasteiger partial charge in [0, 0.05) is 11.1 Å². The molecule has 6 aromatic carbocycles. The SMILES string of the molecule is c1ccc(Oc2cccc(-c3ccccc3)c2Oc2c(Oc3ccccc3)cccc2-c2ccccc2)cc1. The number of hydrogen-bond donors (Lipinski definition) is 0. The average Bonchev–Trinajstić information content (AvgIpc) is 3.01. The quantitative estimate of drug-likeness (QED) is 0.205. The summed E-state index contributed by atoms with van der Waals surface area (Å²) in [6, 6.07) is 51.7. The summed E-state index contributed by atoms with van der Waals surface area (Å²) >= 11 is 0. The van der Waals surface area contributed by atoms with E-state index < -0.39 is 0 Å². The van der Waals surface area contributed by atoms with E-state index in [0.29, 0.717) is 23.0 Å². The Morgan fingerprint density at radius 1 is 0.282 bits per heavy atom. The molecule has 0 saturated carbocycles. The van der Waals surface area contributed by atoms with E-state index in [9.17, 15) is 0 Å². The fourth-order valence-corrected chi connectivity index (χ4v) is 4.43. The molecule has 6 aromatic rings. The Morgan fingerprint density at radius 3 is 1.03 bits per heavy atom. The van der Waals surface area contributed by atoms with Gasteiger partial charge in [-0.05, 0) is 47.5 Å². The van der Waals surface area contributed by atoms with Crippen LogP contribution in [-0.2, 0) is 0 Å². The summed E-state index contributed by atoms with van der Waals surface area (Å²) in [5.74, 6) is 3.88. The maximum Gasteiger partial charge on any atom is 0.177 e. The highest BCUT2D eigenvalue weighted by Crippen LogP contribution is 2.48. The summed E-state index contributed by atoms with van der Waals surface area (Å²) in [5.41, 5.74) is 3.87. The Balaban J connectivity index is 1.53. The number of ether oxygens (including phenoxy) is 3. The van der Waals surface area contributed by atoms with Gasteiger partial charge in [0.1, 0.15) is 11.5 Å². The van der Waals surface area contributed by atoms with Crippen LogP contribution in [-0.4, -0.2) is 0 Å². The first-order chi connectivity index (χ1) is 19.3. The minimum absolute atomic E-state index is 0.605. The van der Waals surface area contributed by atoms with Crippen LogP contribution in [0.4, 0.5) is 0 Å². The Labute approximate surface area is 228 Å². The van der Waals surface area contributed by atoms with Crippen LogP contribution < -0.4 is 14.2 Å². The second kappa shape index (κ2) is 11.4. The van der Waals surface area contributed by atoms with Gasteiger partial charge in [-0.2, -0.15) is 0 Å². The normalized spacial score (nSPS) is 10.6. The van der Waals surface area contributed by atoms with Gasteiger partial charge in [-0.1, -0.05) is 121 Å². The molecule has 0 unspecified atom stereocenters. The van der Waals surface area contributed by atoms with Crippen LogP contribution in [0.1, 0.15) is 0 Å². The topological polar surface area (TPSA) is 27.7 Å². The number of hydrogen-bond acceptors (Lipinski definition) is 3. The third-order valence-corrected chi connectivity index (χ3v) is 6.27. The smallest absolute Gasteiger partial charge is 0.177 e. The van der Waals surface area contributed by atoms with Crippen LogP contribution in [0.2, 0.25) is 0 Å². The Bertz CT molecular complexity index is 1520. The summed E-state index contributed by atoms with van der Waals surface area (Å²) < 4.78 is 19.7. The largest absolute Gasteiger partial charge is 0.453 e. The third kappa shape index (κ3) is 5.53. The van der Waals surface area contributed by atoms with Crippen LogP contribution in [0.5, 0.6) is 34.5 Å². The van der Waals surface area contributed by atoms with Gasteiger partial charge in [0.05, 0.1) is 0 Å². The molecule has 0 radical (unpaired) electrons. The van der Waals surface area contributed by atoms with E-state index in [1.165, 1.54) is 0 Å². The van der Waals surface area contributed by atoms with Gasteiger partial charge < -0.3 is 14.2 Å². The van der Waals surface area contributed by atoms with Crippen molar-refractivity contribution < 1.29 is 14.2 Å². The molecule has 0 aromatic heterocycles. The zero-order valence-corrected chi connectivity index (χ0v) is 21.2. The molecule has 0 N–H and O–H groups in total. The summed E-state index contributed by atoms with van der Waals surface area (Å²) in [5, 5.41) is 0. The first-order valence-electron chi connectivity index (χ1n) is 12.9. The Hall–Kier alpha value is -5.28. The molecule has 0 fully saturated rings. The molecule has 0 amide bonds. The summed E-state index contributed by atoms with van der Waals surface area (Å²) in [4.78, 5) is 0. The lowest BCUT2D eigenvalue weighted by Crippen LogP contribution is -1.97. The minimum Gasteiger partial charge on any atom is -0.453 e. The lowest BCUT2D eigenvalue weighted by atomic mass is 10.0. The van der Waals surface area contributed by atoms with E-state index in [2.05, 4.69) is 24.3 Å². The van der Waals surface area contributed by atoms with Crippen molar-refractivity contribution in [1.29, 1.82) is 0 Å². The molecule has 0 saturated heterocycles. The van der Waals surface area contributed by atoms with Gasteiger partial charge in [0.2, 0.25) is 0 Å². The molecule has 3 nitrogen and oxygen atoms in total. The van der Waals surface area contributed by atoms with Gasteiger partial charge in [0.25, 0.3) is 0 Å². The van der Waals surface area contributed by atoms with Gasteiger partial charge in [-0.3, -0.25) is 0 Å². The molecule has 0 atom stereocenters. The zero-order chi connectivity index (χ0) is 26.3. The molecular formula is C36H26O3. The van der Waals surface area contributed by atoms with Crippen molar-refractivity contribution in [3.63, 3.8) is 0 Å².